The summed E-state index contributed by atoms with van der Waals surface area (Å²) in [6.45, 7) is 0. The van der Waals surface area contributed by atoms with Crippen LogP contribution in [0.2, 0.25) is 0 Å². The van der Waals surface area contributed by atoms with Crippen molar-refractivity contribution in [2.75, 3.05) is 0 Å². The van der Waals surface area contributed by atoms with Crippen LogP contribution in [-0.2, 0) is 5.11 Å². The van der Waals surface area contributed by atoms with Crippen molar-refractivity contribution in [2.24, 2.45) is 5.92 Å². The fourth-order valence-corrected chi connectivity index (χ4v) is 1.43. The summed E-state index contributed by atoms with van der Waals surface area (Å²) in [4.78, 5) is 0. The molecular formula is C8H11N2O. The second-order valence-corrected chi connectivity index (χ2v) is 3.14. The van der Waals surface area contributed by atoms with E-state index in [2.05, 4.69) is 10.2 Å². The van der Waals surface area contributed by atoms with E-state index in [1.54, 1.807) is 12.4 Å². The van der Waals surface area contributed by atoms with Crippen molar-refractivity contribution in [1.29, 1.82) is 0 Å². The predicted molar refractivity (Wildman–Crippen MR) is 39.4 cm³/mol. The number of nitrogens with zero attached hydrogens (tertiary/aromatic N) is 1. The van der Waals surface area contributed by atoms with Crippen molar-refractivity contribution in [3.05, 3.63) is 18.0 Å². The van der Waals surface area contributed by atoms with Gasteiger partial charge in [0.2, 0.25) is 0 Å². The molecule has 0 spiro atoms. The van der Waals surface area contributed by atoms with Crippen LogP contribution < -0.4 is 0 Å². The molecule has 1 atom stereocenters. The quantitative estimate of drug-likeness (QED) is 0.686. The Morgan fingerprint density at radius 3 is 2.91 bits per heavy atom. The van der Waals surface area contributed by atoms with Crippen molar-refractivity contribution in [2.45, 2.75) is 25.4 Å². The van der Waals surface area contributed by atoms with Crippen molar-refractivity contribution in [1.82, 2.24) is 10.2 Å². The Morgan fingerprint density at radius 1 is 1.64 bits per heavy atom. The van der Waals surface area contributed by atoms with E-state index < -0.39 is 6.10 Å². The number of H-pyrrole nitrogens is 1. The Bertz CT molecular complexity index is 216. The highest BCUT2D eigenvalue weighted by Gasteiger charge is 2.28. The molecule has 1 fully saturated rings. The molecule has 1 aliphatic rings. The molecule has 1 radical (unpaired) electrons. The van der Waals surface area contributed by atoms with E-state index in [9.17, 15) is 5.11 Å². The first-order valence-corrected chi connectivity index (χ1v) is 4.02. The average Bonchev–Trinajstić information content (AvgIpc) is 2.32. The average molecular weight is 151 g/mol. The zero-order chi connectivity index (χ0) is 7.68. The molecule has 1 unspecified atom stereocenters. The fraction of sp³-hybridized carbons (Fsp3) is 0.625. The summed E-state index contributed by atoms with van der Waals surface area (Å²) in [6, 6.07) is 0. The van der Waals surface area contributed by atoms with Crippen molar-refractivity contribution < 1.29 is 5.11 Å². The van der Waals surface area contributed by atoms with E-state index in [0.29, 0.717) is 5.92 Å². The maximum Gasteiger partial charge on any atom is 0.124 e. The molecule has 1 aliphatic carbocycles. The van der Waals surface area contributed by atoms with Crippen LogP contribution in [0.15, 0.2) is 12.4 Å². The molecule has 59 valence electrons. The van der Waals surface area contributed by atoms with E-state index in [1.165, 1.54) is 6.42 Å². The van der Waals surface area contributed by atoms with Crippen LogP contribution in [0.25, 0.3) is 0 Å². The Labute approximate surface area is 65.4 Å². The van der Waals surface area contributed by atoms with Gasteiger partial charge in [0, 0.05) is 11.8 Å². The molecular weight excluding hydrogens is 140 g/mol. The molecule has 0 amide bonds. The van der Waals surface area contributed by atoms with E-state index in [-0.39, 0.29) is 0 Å². The van der Waals surface area contributed by atoms with Crippen LogP contribution in [0.3, 0.4) is 0 Å². The molecule has 3 nitrogen and oxygen atoms in total. The van der Waals surface area contributed by atoms with Crippen molar-refractivity contribution >= 4 is 0 Å². The lowest BCUT2D eigenvalue weighted by Gasteiger charge is -2.27. The molecule has 1 heterocycles. The Hall–Kier alpha value is -0.830. The number of aromatic nitrogens is 2. The second kappa shape index (κ2) is 2.66. The topological polar surface area (TPSA) is 48.6 Å². The van der Waals surface area contributed by atoms with Gasteiger partial charge in [0.05, 0.1) is 6.20 Å². The van der Waals surface area contributed by atoms with E-state index in [1.807, 2.05) is 0 Å². The fourth-order valence-electron chi connectivity index (χ4n) is 1.43. The van der Waals surface area contributed by atoms with E-state index in [4.69, 9.17) is 0 Å². The number of hydrogen-bond donors (Lipinski definition) is 1. The summed E-state index contributed by atoms with van der Waals surface area (Å²) in [5.41, 5.74) is 0.815. The number of rotatable bonds is 2. The third-order valence-electron chi connectivity index (χ3n) is 2.43. The lowest BCUT2D eigenvalue weighted by molar-refractivity contribution is 0.00239. The van der Waals surface area contributed by atoms with Crippen LogP contribution in [0.5, 0.6) is 0 Å². The lowest BCUT2D eigenvalue weighted by Crippen LogP contribution is -2.18. The lowest BCUT2D eigenvalue weighted by atomic mass is 9.79. The Morgan fingerprint density at radius 2 is 2.45 bits per heavy atom. The van der Waals surface area contributed by atoms with Crippen LogP contribution in [0.4, 0.5) is 0 Å². The summed E-state index contributed by atoms with van der Waals surface area (Å²) in [5, 5.41) is 17.9. The molecule has 3 heteroatoms. The van der Waals surface area contributed by atoms with Gasteiger partial charge in [-0.2, -0.15) is 5.10 Å². The number of hydrogen-bond acceptors (Lipinski definition) is 1. The van der Waals surface area contributed by atoms with Gasteiger partial charge >= 0.3 is 0 Å². The zero-order valence-electron chi connectivity index (χ0n) is 6.29. The van der Waals surface area contributed by atoms with Gasteiger partial charge in [-0.25, -0.2) is 5.11 Å². The van der Waals surface area contributed by atoms with Crippen LogP contribution >= 0.6 is 0 Å². The molecule has 11 heavy (non-hydrogen) atoms. The van der Waals surface area contributed by atoms with Crippen LogP contribution in [-0.4, -0.2) is 10.2 Å². The van der Waals surface area contributed by atoms with Gasteiger partial charge < -0.3 is 0 Å². The first kappa shape index (κ1) is 6.85. The van der Waals surface area contributed by atoms with Gasteiger partial charge in [0.1, 0.15) is 6.10 Å². The smallest absolute Gasteiger partial charge is 0.124 e. The minimum absolute atomic E-state index is 0.368. The normalized spacial score (nSPS) is 21.2. The summed E-state index contributed by atoms with van der Waals surface area (Å²) in [7, 11) is 0. The van der Waals surface area contributed by atoms with E-state index in [0.717, 1.165) is 18.4 Å². The maximum atomic E-state index is 11.5. The molecule has 0 bridgehead atoms. The SMILES string of the molecule is [O]C(c1cn[nH]c1)C1CCC1. The van der Waals surface area contributed by atoms with Crippen molar-refractivity contribution in [3.8, 4) is 0 Å². The highest BCUT2D eigenvalue weighted by Crippen LogP contribution is 2.37. The first-order chi connectivity index (χ1) is 5.38. The van der Waals surface area contributed by atoms with Gasteiger partial charge in [-0.15, -0.1) is 0 Å². The Balaban J connectivity index is 2.04. The van der Waals surface area contributed by atoms with Gasteiger partial charge in [-0.05, 0) is 18.8 Å². The highest BCUT2D eigenvalue weighted by molar-refractivity contribution is 5.08. The second-order valence-electron chi connectivity index (χ2n) is 3.14. The number of aromatic amines is 1. The van der Waals surface area contributed by atoms with Crippen molar-refractivity contribution in [3.63, 3.8) is 0 Å². The number of nitrogens with one attached hydrogen (secondary N) is 1. The minimum Gasteiger partial charge on any atom is -0.285 e. The third kappa shape index (κ3) is 1.16. The molecule has 1 saturated carbocycles. The summed E-state index contributed by atoms with van der Waals surface area (Å²) < 4.78 is 0. The molecule has 1 aromatic heterocycles. The minimum atomic E-state index is -0.539. The summed E-state index contributed by atoms with van der Waals surface area (Å²) >= 11 is 0. The Kier molecular flexibility index (Phi) is 1.66. The molecule has 2 rings (SSSR count). The molecule has 0 aliphatic heterocycles. The van der Waals surface area contributed by atoms with Crippen LogP contribution in [0.1, 0.15) is 30.9 Å². The molecule has 0 saturated heterocycles. The predicted octanol–water partition coefficient (Wildman–Crippen LogP) is 1.68. The third-order valence-corrected chi connectivity index (χ3v) is 2.43. The highest BCUT2D eigenvalue weighted by atomic mass is 16.3. The maximum absolute atomic E-state index is 11.5. The standard InChI is InChI=1S/C8H11N2O/c11-8(6-2-1-3-6)7-4-9-10-5-7/h4-6,8H,1-3H2,(H,9,10). The van der Waals surface area contributed by atoms with Gasteiger partial charge in [-0.1, -0.05) is 6.42 Å². The zero-order valence-corrected chi connectivity index (χ0v) is 6.29. The molecule has 1 aromatic rings. The molecule has 1 N–H and O–H groups in total. The van der Waals surface area contributed by atoms with Gasteiger partial charge in [-0.3, -0.25) is 5.10 Å². The van der Waals surface area contributed by atoms with Crippen LogP contribution in [0, 0.1) is 5.92 Å². The first-order valence-electron chi connectivity index (χ1n) is 4.02. The summed E-state index contributed by atoms with van der Waals surface area (Å²) in [6.07, 6.45) is 6.22. The largest absolute Gasteiger partial charge is 0.285 e. The summed E-state index contributed by atoms with van der Waals surface area (Å²) in [5.74, 6) is 0.368. The van der Waals surface area contributed by atoms with Gasteiger partial charge in [0.25, 0.3) is 0 Å². The molecule has 0 aromatic carbocycles. The van der Waals surface area contributed by atoms with Gasteiger partial charge in [0.15, 0.2) is 0 Å². The van der Waals surface area contributed by atoms with E-state index >= 15 is 0 Å². The monoisotopic (exact) mass is 151 g/mol.